The summed E-state index contributed by atoms with van der Waals surface area (Å²) in [6.07, 6.45) is 8.40. The Morgan fingerprint density at radius 3 is 2.62 bits per heavy atom. The number of pyridine rings is 1. The Morgan fingerprint density at radius 1 is 0.958 bits per heavy atom. The van der Waals surface area contributed by atoms with Gasteiger partial charge in [0.05, 0.1) is 5.52 Å². The van der Waals surface area contributed by atoms with Crippen LogP contribution in [0.15, 0.2) is 76.2 Å². The molecule has 2 aromatic carbocycles. The molecule has 1 aliphatic rings. The second-order valence-electron chi connectivity index (χ2n) is 5.75. The predicted molar refractivity (Wildman–Crippen MR) is 103 cm³/mol. The van der Waals surface area contributed by atoms with Gasteiger partial charge < -0.3 is 0 Å². The van der Waals surface area contributed by atoms with Crippen LogP contribution in [0.2, 0.25) is 0 Å². The summed E-state index contributed by atoms with van der Waals surface area (Å²) in [5.41, 5.74) is 4.56. The molecule has 0 saturated heterocycles. The molecule has 0 unspecified atom stereocenters. The Labute approximate surface area is 148 Å². The SMILES string of the molecule is O=c1c2c(ccc3ncc(-c4ccccc4)cc13)C=CC(Br)=CC2. The van der Waals surface area contributed by atoms with Crippen LogP contribution in [0, 0.1) is 0 Å². The molecule has 0 atom stereocenters. The van der Waals surface area contributed by atoms with Gasteiger partial charge in [-0.25, -0.2) is 0 Å². The molecule has 0 radical (unpaired) electrons. The lowest BCUT2D eigenvalue weighted by Crippen LogP contribution is -2.07. The third kappa shape index (κ3) is 2.72. The first-order chi connectivity index (χ1) is 11.7. The molecule has 0 fully saturated rings. The lowest BCUT2D eigenvalue weighted by atomic mass is 10.0. The lowest BCUT2D eigenvalue weighted by molar-refractivity contribution is 1.25. The van der Waals surface area contributed by atoms with E-state index >= 15 is 0 Å². The largest absolute Gasteiger partial charge is 0.289 e. The van der Waals surface area contributed by atoms with Crippen LogP contribution in [-0.4, -0.2) is 4.98 Å². The van der Waals surface area contributed by atoms with Crippen molar-refractivity contribution >= 4 is 32.9 Å². The van der Waals surface area contributed by atoms with Gasteiger partial charge in [0.15, 0.2) is 5.43 Å². The molecule has 4 rings (SSSR count). The van der Waals surface area contributed by atoms with E-state index in [1.165, 1.54) is 0 Å². The molecule has 1 heterocycles. The van der Waals surface area contributed by atoms with Crippen LogP contribution in [0.5, 0.6) is 0 Å². The number of rotatable bonds is 1. The van der Waals surface area contributed by atoms with Crippen LogP contribution in [0.3, 0.4) is 0 Å². The maximum Gasteiger partial charge on any atom is 0.192 e. The summed E-state index contributed by atoms with van der Waals surface area (Å²) in [6, 6.07) is 15.9. The second-order valence-corrected chi connectivity index (χ2v) is 6.66. The van der Waals surface area contributed by atoms with Gasteiger partial charge in [0.1, 0.15) is 0 Å². The summed E-state index contributed by atoms with van der Waals surface area (Å²) >= 11 is 3.49. The molecule has 2 nitrogen and oxygen atoms in total. The molecule has 1 aromatic heterocycles. The molecular formula is C21H14BrNO. The van der Waals surface area contributed by atoms with Crippen molar-refractivity contribution in [2.45, 2.75) is 6.42 Å². The quantitative estimate of drug-likeness (QED) is 0.591. The van der Waals surface area contributed by atoms with E-state index < -0.39 is 0 Å². The van der Waals surface area contributed by atoms with Crippen LogP contribution in [0.25, 0.3) is 28.1 Å². The average molecular weight is 376 g/mol. The van der Waals surface area contributed by atoms with Gasteiger partial charge in [-0.05, 0) is 35.8 Å². The van der Waals surface area contributed by atoms with Gasteiger partial charge in [0.2, 0.25) is 0 Å². The number of fused-ring (bicyclic) bond motifs is 2. The highest BCUT2D eigenvalue weighted by atomic mass is 79.9. The number of halogens is 1. The number of hydrogen-bond donors (Lipinski definition) is 0. The third-order valence-corrected chi connectivity index (χ3v) is 4.82. The van der Waals surface area contributed by atoms with Crippen LogP contribution >= 0.6 is 15.9 Å². The Bertz CT molecular complexity index is 1050. The summed E-state index contributed by atoms with van der Waals surface area (Å²) in [6.45, 7) is 0. The van der Waals surface area contributed by atoms with Gasteiger partial charge >= 0.3 is 0 Å². The fourth-order valence-electron chi connectivity index (χ4n) is 2.95. The molecule has 24 heavy (non-hydrogen) atoms. The number of benzene rings is 1. The zero-order valence-corrected chi connectivity index (χ0v) is 14.5. The van der Waals surface area contributed by atoms with Gasteiger partial charge in [-0.1, -0.05) is 64.5 Å². The highest BCUT2D eigenvalue weighted by molar-refractivity contribution is 9.11. The second kappa shape index (κ2) is 6.17. The molecule has 0 spiro atoms. The summed E-state index contributed by atoms with van der Waals surface area (Å²) in [5.74, 6) is 0. The van der Waals surface area contributed by atoms with Gasteiger partial charge in [0, 0.05) is 27.2 Å². The Kier molecular flexibility index (Phi) is 3.87. The van der Waals surface area contributed by atoms with E-state index in [0.717, 1.165) is 32.3 Å². The number of allylic oxidation sites excluding steroid dienone is 3. The summed E-state index contributed by atoms with van der Waals surface area (Å²) in [7, 11) is 0. The molecule has 0 N–H and O–H groups in total. The van der Waals surface area contributed by atoms with Crippen LogP contribution in [0.1, 0.15) is 11.1 Å². The molecule has 1 aliphatic carbocycles. The minimum atomic E-state index is 0.0541. The first-order valence-corrected chi connectivity index (χ1v) is 8.57. The van der Waals surface area contributed by atoms with Crippen molar-refractivity contribution in [1.29, 1.82) is 0 Å². The standard InChI is InChI=1S/C21H14BrNO/c22-17-8-6-15-7-11-20-19(21(24)18(15)10-9-17)12-16(13-23-20)14-4-2-1-3-5-14/h1-9,11-13H,10H2. The molecule has 3 aromatic rings. The number of nitrogens with zero attached hydrogens (tertiary/aromatic N) is 1. The summed E-state index contributed by atoms with van der Waals surface area (Å²) in [5, 5.41) is 0.664. The van der Waals surface area contributed by atoms with Crippen LogP contribution in [-0.2, 0) is 6.42 Å². The van der Waals surface area contributed by atoms with Crippen molar-refractivity contribution in [3.05, 3.63) is 92.7 Å². The highest BCUT2D eigenvalue weighted by Crippen LogP contribution is 2.23. The van der Waals surface area contributed by atoms with Crippen LogP contribution < -0.4 is 5.43 Å². The first-order valence-electron chi connectivity index (χ1n) is 7.77. The average Bonchev–Trinajstić information content (AvgIpc) is 2.88. The Morgan fingerprint density at radius 2 is 1.79 bits per heavy atom. The molecule has 0 aliphatic heterocycles. The zero-order valence-electron chi connectivity index (χ0n) is 12.9. The molecule has 0 saturated carbocycles. The van der Waals surface area contributed by atoms with Crippen molar-refractivity contribution in [3.8, 4) is 11.1 Å². The van der Waals surface area contributed by atoms with Crippen molar-refractivity contribution in [2.24, 2.45) is 0 Å². The van der Waals surface area contributed by atoms with Crippen molar-refractivity contribution in [2.75, 3.05) is 0 Å². The molecule has 3 heteroatoms. The lowest BCUT2D eigenvalue weighted by Gasteiger charge is -2.02. The first kappa shape index (κ1) is 15.0. The minimum absolute atomic E-state index is 0.0541. The fraction of sp³-hybridized carbons (Fsp3) is 0.0476. The van der Waals surface area contributed by atoms with E-state index in [0.29, 0.717) is 11.8 Å². The highest BCUT2D eigenvalue weighted by Gasteiger charge is 2.10. The predicted octanol–water partition coefficient (Wildman–Crippen LogP) is 5.11. The van der Waals surface area contributed by atoms with E-state index in [1.807, 2.05) is 73.0 Å². The van der Waals surface area contributed by atoms with Crippen molar-refractivity contribution < 1.29 is 0 Å². The fourth-order valence-corrected chi connectivity index (χ4v) is 3.24. The topological polar surface area (TPSA) is 30.0 Å². The zero-order chi connectivity index (χ0) is 16.5. The molecule has 0 bridgehead atoms. The van der Waals surface area contributed by atoms with Gasteiger partial charge in [-0.2, -0.15) is 0 Å². The van der Waals surface area contributed by atoms with E-state index in [4.69, 9.17) is 0 Å². The summed E-state index contributed by atoms with van der Waals surface area (Å²) < 4.78 is 0.994. The smallest absolute Gasteiger partial charge is 0.192 e. The van der Waals surface area contributed by atoms with Gasteiger partial charge in [-0.15, -0.1) is 0 Å². The van der Waals surface area contributed by atoms with Crippen molar-refractivity contribution in [3.63, 3.8) is 0 Å². The Balaban J connectivity index is 2.00. The third-order valence-electron chi connectivity index (χ3n) is 4.24. The van der Waals surface area contributed by atoms with E-state index in [1.54, 1.807) is 0 Å². The summed E-state index contributed by atoms with van der Waals surface area (Å²) in [4.78, 5) is 17.6. The molecular weight excluding hydrogens is 362 g/mol. The van der Waals surface area contributed by atoms with E-state index in [2.05, 4.69) is 20.9 Å². The maximum atomic E-state index is 13.1. The minimum Gasteiger partial charge on any atom is -0.289 e. The Hall–Kier alpha value is -2.52. The van der Waals surface area contributed by atoms with Crippen LogP contribution in [0.4, 0.5) is 0 Å². The van der Waals surface area contributed by atoms with E-state index in [9.17, 15) is 4.79 Å². The monoisotopic (exact) mass is 375 g/mol. The number of aromatic nitrogens is 1. The maximum absolute atomic E-state index is 13.1. The molecule has 0 amide bonds. The van der Waals surface area contributed by atoms with Crippen molar-refractivity contribution in [1.82, 2.24) is 4.98 Å². The normalized spacial score (nSPS) is 13.3. The van der Waals surface area contributed by atoms with Gasteiger partial charge in [0.25, 0.3) is 0 Å². The van der Waals surface area contributed by atoms with E-state index in [-0.39, 0.29) is 5.43 Å². The van der Waals surface area contributed by atoms with Gasteiger partial charge in [-0.3, -0.25) is 9.78 Å². The molecule has 116 valence electrons. The number of hydrogen-bond acceptors (Lipinski definition) is 2.